The van der Waals surface area contributed by atoms with E-state index in [1.165, 1.54) is 11.3 Å². The van der Waals surface area contributed by atoms with E-state index in [0.717, 1.165) is 30.2 Å². The first kappa shape index (κ1) is 11.4. The van der Waals surface area contributed by atoms with Gasteiger partial charge in [0.2, 0.25) is 0 Å². The molecule has 0 aromatic carbocycles. The molecular formula is C11H16N2O2S. The summed E-state index contributed by atoms with van der Waals surface area (Å²) in [4.78, 5) is 17.7. The molecule has 1 unspecified atom stereocenters. The minimum absolute atomic E-state index is 0.695. The molecule has 0 amide bonds. The minimum Gasteiger partial charge on any atom is -0.480 e. The van der Waals surface area contributed by atoms with Gasteiger partial charge in [-0.15, -0.1) is 11.3 Å². The molecule has 1 N–H and O–H groups in total. The predicted octanol–water partition coefficient (Wildman–Crippen LogP) is 2.29. The van der Waals surface area contributed by atoms with Gasteiger partial charge >= 0.3 is 5.97 Å². The second kappa shape index (κ2) is 4.05. The zero-order valence-electron chi connectivity index (χ0n) is 9.56. The van der Waals surface area contributed by atoms with E-state index in [9.17, 15) is 9.90 Å². The van der Waals surface area contributed by atoms with Crippen molar-refractivity contribution in [3.05, 3.63) is 11.1 Å². The number of thiazole rings is 1. The Morgan fingerprint density at radius 3 is 2.94 bits per heavy atom. The fraction of sp³-hybridized carbons (Fsp3) is 0.636. The molecule has 0 radical (unpaired) electrons. The van der Waals surface area contributed by atoms with Crippen molar-refractivity contribution in [2.45, 2.75) is 38.6 Å². The van der Waals surface area contributed by atoms with Crippen molar-refractivity contribution in [1.82, 2.24) is 4.98 Å². The molecule has 0 saturated carbocycles. The maximum absolute atomic E-state index is 11.4. The number of piperidine rings is 1. The zero-order valence-corrected chi connectivity index (χ0v) is 10.4. The van der Waals surface area contributed by atoms with Gasteiger partial charge in [0, 0.05) is 11.9 Å². The van der Waals surface area contributed by atoms with E-state index in [2.05, 4.69) is 4.98 Å². The number of aromatic nitrogens is 1. The van der Waals surface area contributed by atoms with E-state index in [0.29, 0.717) is 6.42 Å². The quantitative estimate of drug-likeness (QED) is 0.861. The third-order valence-electron chi connectivity index (χ3n) is 3.19. The summed E-state index contributed by atoms with van der Waals surface area (Å²) in [5, 5.41) is 12.2. The maximum Gasteiger partial charge on any atom is 0.329 e. The van der Waals surface area contributed by atoms with Crippen LogP contribution in [0.1, 0.15) is 31.9 Å². The molecule has 0 spiro atoms. The highest BCUT2D eigenvalue weighted by Gasteiger charge is 2.42. The van der Waals surface area contributed by atoms with Crippen LogP contribution in [0.15, 0.2) is 5.38 Å². The van der Waals surface area contributed by atoms with Gasteiger partial charge in [0.15, 0.2) is 5.13 Å². The SMILES string of the molecule is Cc1csc(N2CCCCC2(C)C(=O)O)n1. The van der Waals surface area contributed by atoms with Gasteiger partial charge in [0.05, 0.1) is 5.69 Å². The van der Waals surface area contributed by atoms with Crippen LogP contribution in [0.4, 0.5) is 5.13 Å². The van der Waals surface area contributed by atoms with Crippen molar-refractivity contribution in [3.63, 3.8) is 0 Å². The number of aryl methyl sites for hydroxylation is 1. The summed E-state index contributed by atoms with van der Waals surface area (Å²) in [5.41, 5.74) is 0.168. The molecule has 16 heavy (non-hydrogen) atoms. The van der Waals surface area contributed by atoms with Crippen LogP contribution in [0.2, 0.25) is 0 Å². The number of carboxylic acid groups (broad SMARTS) is 1. The van der Waals surface area contributed by atoms with Crippen LogP contribution in [0.5, 0.6) is 0 Å². The van der Waals surface area contributed by atoms with Crippen LogP contribution in [0.25, 0.3) is 0 Å². The Kier molecular flexibility index (Phi) is 2.88. The molecule has 0 bridgehead atoms. The lowest BCUT2D eigenvalue weighted by molar-refractivity contribution is -0.143. The van der Waals surface area contributed by atoms with Crippen LogP contribution in [-0.2, 0) is 4.79 Å². The lowest BCUT2D eigenvalue weighted by Crippen LogP contribution is -2.55. The largest absolute Gasteiger partial charge is 0.480 e. The first-order valence-corrected chi connectivity index (χ1v) is 6.35. The lowest BCUT2D eigenvalue weighted by Gasteiger charge is -2.41. The number of rotatable bonds is 2. The Hall–Kier alpha value is -1.10. The Balaban J connectivity index is 2.33. The second-order valence-corrected chi connectivity index (χ2v) is 5.30. The predicted molar refractivity (Wildman–Crippen MR) is 64.1 cm³/mol. The molecule has 1 aromatic rings. The molecule has 1 fully saturated rings. The standard InChI is InChI=1S/C11H16N2O2S/c1-8-7-16-10(12-8)13-6-4-3-5-11(13,2)9(14)15/h7H,3-6H2,1-2H3,(H,14,15). The highest BCUT2D eigenvalue weighted by atomic mass is 32.1. The topological polar surface area (TPSA) is 53.4 Å². The zero-order chi connectivity index (χ0) is 11.8. The average molecular weight is 240 g/mol. The number of aliphatic carboxylic acids is 1. The van der Waals surface area contributed by atoms with Gasteiger partial charge in [-0.2, -0.15) is 0 Å². The number of nitrogens with zero attached hydrogens (tertiary/aromatic N) is 2. The summed E-state index contributed by atoms with van der Waals surface area (Å²) in [6, 6.07) is 0. The molecule has 5 heteroatoms. The fourth-order valence-electron chi connectivity index (χ4n) is 2.12. The van der Waals surface area contributed by atoms with Gasteiger partial charge in [-0.3, -0.25) is 0 Å². The van der Waals surface area contributed by atoms with Crippen LogP contribution >= 0.6 is 11.3 Å². The van der Waals surface area contributed by atoms with E-state index < -0.39 is 11.5 Å². The number of anilines is 1. The van der Waals surface area contributed by atoms with Gasteiger partial charge < -0.3 is 10.0 Å². The summed E-state index contributed by atoms with van der Waals surface area (Å²) >= 11 is 1.53. The minimum atomic E-state index is -0.789. The Morgan fingerprint density at radius 2 is 2.38 bits per heavy atom. The first-order valence-electron chi connectivity index (χ1n) is 5.47. The highest BCUT2D eigenvalue weighted by molar-refractivity contribution is 7.13. The molecule has 1 aliphatic heterocycles. The van der Waals surface area contributed by atoms with Crippen molar-refractivity contribution in [2.75, 3.05) is 11.4 Å². The van der Waals surface area contributed by atoms with Crippen LogP contribution in [-0.4, -0.2) is 28.1 Å². The monoisotopic (exact) mass is 240 g/mol. The third-order valence-corrected chi connectivity index (χ3v) is 4.17. The molecular weight excluding hydrogens is 224 g/mol. The molecule has 1 atom stereocenters. The first-order chi connectivity index (χ1) is 7.54. The molecule has 1 aromatic heterocycles. The fourth-order valence-corrected chi connectivity index (χ4v) is 3.06. The Labute approximate surface area is 98.9 Å². The van der Waals surface area contributed by atoms with Crippen LogP contribution < -0.4 is 4.90 Å². The third kappa shape index (κ3) is 1.80. The van der Waals surface area contributed by atoms with Gasteiger partial charge in [-0.1, -0.05) is 0 Å². The number of carbonyl (C=O) groups is 1. The van der Waals surface area contributed by atoms with E-state index in [1.54, 1.807) is 6.92 Å². The molecule has 4 nitrogen and oxygen atoms in total. The van der Waals surface area contributed by atoms with Crippen molar-refractivity contribution < 1.29 is 9.90 Å². The molecule has 2 heterocycles. The highest BCUT2D eigenvalue weighted by Crippen LogP contribution is 2.34. The van der Waals surface area contributed by atoms with Gasteiger partial charge in [0.1, 0.15) is 5.54 Å². The van der Waals surface area contributed by atoms with Gasteiger partial charge in [0.25, 0.3) is 0 Å². The lowest BCUT2D eigenvalue weighted by atomic mass is 9.89. The number of carboxylic acids is 1. The van der Waals surface area contributed by atoms with Crippen LogP contribution in [0, 0.1) is 6.92 Å². The Bertz CT molecular complexity index is 404. The average Bonchev–Trinajstić information content (AvgIpc) is 2.65. The van der Waals surface area contributed by atoms with E-state index in [1.807, 2.05) is 17.2 Å². The van der Waals surface area contributed by atoms with Crippen LogP contribution in [0.3, 0.4) is 0 Å². The van der Waals surface area contributed by atoms with E-state index in [-0.39, 0.29) is 0 Å². The summed E-state index contributed by atoms with van der Waals surface area (Å²) in [5.74, 6) is -0.750. The molecule has 1 aliphatic rings. The van der Waals surface area contributed by atoms with E-state index in [4.69, 9.17) is 0 Å². The molecule has 0 aliphatic carbocycles. The van der Waals surface area contributed by atoms with Crippen molar-refractivity contribution in [3.8, 4) is 0 Å². The summed E-state index contributed by atoms with van der Waals surface area (Å²) in [6.07, 6.45) is 2.71. The number of hydrogen-bond donors (Lipinski definition) is 1. The summed E-state index contributed by atoms with van der Waals surface area (Å²) in [7, 11) is 0. The normalized spacial score (nSPS) is 25.8. The summed E-state index contributed by atoms with van der Waals surface area (Å²) in [6.45, 7) is 4.52. The molecule has 2 rings (SSSR count). The van der Waals surface area contributed by atoms with Gasteiger partial charge in [-0.05, 0) is 33.1 Å². The molecule has 1 saturated heterocycles. The summed E-state index contributed by atoms with van der Waals surface area (Å²) < 4.78 is 0. The van der Waals surface area contributed by atoms with Gasteiger partial charge in [-0.25, -0.2) is 9.78 Å². The van der Waals surface area contributed by atoms with Crippen molar-refractivity contribution in [1.29, 1.82) is 0 Å². The number of hydrogen-bond acceptors (Lipinski definition) is 4. The van der Waals surface area contributed by atoms with E-state index >= 15 is 0 Å². The van der Waals surface area contributed by atoms with Crippen molar-refractivity contribution >= 4 is 22.4 Å². The maximum atomic E-state index is 11.4. The van der Waals surface area contributed by atoms with Crippen molar-refractivity contribution in [2.24, 2.45) is 0 Å². The smallest absolute Gasteiger partial charge is 0.329 e. The Morgan fingerprint density at radius 1 is 1.62 bits per heavy atom. The second-order valence-electron chi connectivity index (χ2n) is 4.46. The molecule has 88 valence electrons.